The number of hydrogen-bond donors (Lipinski definition) is 1. The number of ether oxygens (including phenoxy) is 1. The molecule has 0 saturated carbocycles. The molecule has 7 nitrogen and oxygen atoms in total. The van der Waals surface area contributed by atoms with E-state index < -0.39 is 5.63 Å². The molecule has 0 bridgehead atoms. The van der Waals surface area contributed by atoms with Crippen molar-refractivity contribution < 1.29 is 18.8 Å². The van der Waals surface area contributed by atoms with Gasteiger partial charge in [0, 0.05) is 10.9 Å². The molecule has 0 atom stereocenters. The highest BCUT2D eigenvalue weighted by Crippen LogP contribution is 2.33. The second-order valence-electron chi connectivity index (χ2n) is 7.76. The maximum absolute atomic E-state index is 12.5. The molecule has 0 spiro atoms. The predicted molar refractivity (Wildman–Crippen MR) is 108 cm³/mol. The maximum atomic E-state index is 12.5. The zero-order chi connectivity index (χ0) is 20.8. The summed E-state index contributed by atoms with van der Waals surface area (Å²) in [7, 11) is 1.59. The zero-order valence-electron chi connectivity index (χ0n) is 16.5. The Bertz CT molecular complexity index is 1250. The van der Waals surface area contributed by atoms with E-state index in [9.17, 15) is 9.90 Å². The van der Waals surface area contributed by atoms with Crippen molar-refractivity contribution in [1.29, 1.82) is 0 Å². The number of hydrogen-bond acceptors (Lipinski definition) is 7. The zero-order valence-corrected chi connectivity index (χ0v) is 16.5. The third-order valence-corrected chi connectivity index (χ3v) is 4.68. The molecule has 0 unspecified atom stereocenters. The Balaban J connectivity index is 1.80. The quantitative estimate of drug-likeness (QED) is 0.512. The smallest absolute Gasteiger partial charge is 0.349 e. The van der Waals surface area contributed by atoms with Crippen molar-refractivity contribution in [2.45, 2.75) is 26.2 Å². The van der Waals surface area contributed by atoms with E-state index in [0.717, 1.165) is 11.1 Å². The van der Waals surface area contributed by atoms with E-state index in [1.54, 1.807) is 43.5 Å². The fourth-order valence-electron chi connectivity index (χ4n) is 2.99. The molecule has 1 N–H and O–H groups in total. The van der Waals surface area contributed by atoms with Gasteiger partial charge in [0.25, 0.3) is 5.89 Å². The maximum Gasteiger partial charge on any atom is 0.349 e. The lowest BCUT2D eigenvalue weighted by Crippen LogP contribution is -2.11. The van der Waals surface area contributed by atoms with E-state index in [1.165, 1.54) is 0 Å². The minimum Gasteiger partial charge on any atom is -0.504 e. The fraction of sp³-hybridized carbons (Fsp3) is 0.227. The normalized spacial score (nSPS) is 11.7. The van der Waals surface area contributed by atoms with Crippen LogP contribution < -0.4 is 10.4 Å². The van der Waals surface area contributed by atoms with Gasteiger partial charge in [0.2, 0.25) is 5.82 Å². The minimum absolute atomic E-state index is 0.0483. The predicted octanol–water partition coefficient (Wildman–Crippen LogP) is 4.52. The number of rotatable bonds is 3. The monoisotopic (exact) mass is 392 g/mol. The molecule has 0 aliphatic carbocycles. The summed E-state index contributed by atoms with van der Waals surface area (Å²) < 4.78 is 15.8. The third-order valence-electron chi connectivity index (χ3n) is 4.68. The molecule has 2 aromatic heterocycles. The number of fused-ring (bicyclic) bond motifs is 1. The molecular formula is C22H20N2O5. The van der Waals surface area contributed by atoms with Crippen LogP contribution in [-0.4, -0.2) is 22.4 Å². The molecule has 7 heteroatoms. The largest absolute Gasteiger partial charge is 0.504 e. The van der Waals surface area contributed by atoms with Gasteiger partial charge in [-0.15, -0.1) is 0 Å². The number of aromatic nitrogens is 2. The van der Waals surface area contributed by atoms with Crippen molar-refractivity contribution in [1.82, 2.24) is 10.1 Å². The highest BCUT2D eigenvalue weighted by Gasteiger charge is 2.20. The third kappa shape index (κ3) is 3.47. The standard InChI is InChI=1S/C22H20N2O5/c1-22(2,3)14-9-13-10-16(21(26)28-18(13)17(25)11-14)20-23-19(24-29-20)12-5-7-15(27-4)8-6-12/h5-11,25H,1-4H3. The Kier molecular flexibility index (Phi) is 4.38. The molecule has 0 aliphatic rings. The number of methoxy groups -OCH3 is 1. The molecule has 29 heavy (non-hydrogen) atoms. The Labute approximate surface area is 166 Å². The van der Waals surface area contributed by atoms with Gasteiger partial charge in [-0.3, -0.25) is 0 Å². The van der Waals surface area contributed by atoms with Crippen molar-refractivity contribution >= 4 is 11.0 Å². The van der Waals surface area contributed by atoms with Gasteiger partial charge in [-0.2, -0.15) is 4.98 Å². The van der Waals surface area contributed by atoms with Crippen LogP contribution in [0.3, 0.4) is 0 Å². The van der Waals surface area contributed by atoms with Crippen LogP contribution in [0.1, 0.15) is 26.3 Å². The molecule has 0 saturated heterocycles. The average Bonchev–Trinajstić information content (AvgIpc) is 3.17. The first-order valence-corrected chi connectivity index (χ1v) is 9.06. The SMILES string of the molecule is COc1ccc(-c2noc(-c3cc4cc(C(C)(C)C)cc(O)c4oc3=O)n2)cc1. The Morgan fingerprint density at radius 2 is 1.79 bits per heavy atom. The average molecular weight is 392 g/mol. The number of phenols is 1. The van der Waals surface area contributed by atoms with Gasteiger partial charge in [-0.05, 0) is 53.4 Å². The molecule has 4 rings (SSSR count). The first-order valence-electron chi connectivity index (χ1n) is 9.06. The number of benzene rings is 2. The Morgan fingerprint density at radius 3 is 2.45 bits per heavy atom. The highest BCUT2D eigenvalue weighted by molar-refractivity contribution is 5.86. The van der Waals surface area contributed by atoms with E-state index in [1.807, 2.05) is 26.8 Å². The molecule has 4 aromatic rings. The Hall–Kier alpha value is -3.61. The summed E-state index contributed by atoms with van der Waals surface area (Å²) in [6, 6.07) is 12.2. The van der Waals surface area contributed by atoms with Crippen LogP contribution in [0.25, 0.3) is 33.8 Å². The van der Waals surface area contributed by atoms with E-state index >= 15 is 0 Å². The topological polar surface area (TPSA) is 98.6 Å². The molecule has 2 aromatic carbocycles. The summed E-state index contributed by atoms with van der Waals surface area (Å²) in [5.41, 5.74) is 1.04. The number of aromatic hydroxyl groups is 1. The van der Waals surface area contributed by atoms with Crippen LogP contribution >= 0.6 is 0 Å². The van der Waals surface area contributed by atoms with Gasteiger partial charge < -0.3 is 18.8 Å². The summed E-state index contributed by atoms with van der Waals surface area (Å²) in [5.74, 6) is 1.02. The first kappa shape index (κ1) is 18.7. The molecule has 2 heterocycles. The van der Waals surface area contributed by atoms with Crippen LogP contribution in [0.15, 0.2) is 56.2 Å². The first-order chi connectivity index (χ1) is 13.8. The van der Waals surface area contributed by atoms with Gasteiger partial charge >= 0.3 is 5.63 Å². The Morgan fingerprint density at radius 1 is 1.07 bits per heavy atom. The van der Waals surface area contributed by atoms with Gasteiger partial charge in [0.15, 0.2) is 11.3 Å². The second kappa shape index (κ2) is 6.77. The highest BCUT2D eigenvalue weighted by atomic mass is 16.5. The van der Waals surface area contributed by atoms with Crippen molar-refractivity contribution in [2.75, 3.05) is 7.11 Å². The van der Waals surface area contributed by atoms with Gasteiger partial charge in [-0.1, -0.05) is 25.9 Å². The molecule has 0 aliphatic heterocycles. The summed E-state index contributed by atoms with van der Waals surface area (Å²) in [6.07, 6.45) is 0. The van der Waals surface area contributed by atoms with Crippen LogP contribution in [-0.2, 0) is 5.41 Å². The van der Waals surface area contributed by atoms with Crippen LogP contribution in [0.2, 0.25) is 0 Å². The van der Waals surface area contributed by atoms with E-state index in [0.29, 0.717) is 17.0 Å². The van der Waals surface area contributed by atoms with Crippen molar-refractivity contribution in [2.24, 2.45) is 0 Å². The lowest BCUT2D eigenvalue weighted by atomic mass is 9.86. The summed E-state index contributed by atoms with van der Waals surface area (Å²) in [5, 5.41) is 14.8. The van der Waals surface area contributed by atoms with Crippen molar-refractivity contribution in [3.05, 3.63) is 58.4 Å². The summed E-state index contributed by atoms with van der Waals surface area (Å²) in [6.45, 7) is 6.10. The summed E-state index contributed by atoms with van der Waals surface area (Å²) >= 11 is 0. The van der Waals surface area contributed by atoms with E-state index in [4.69, 9.17) is 13.7 Å². The number of phenolic OH excluding ortho intramolecular Hbond substituents is 1. The molecule has 0 radical (unpaired) electrons. The minimum atomic E-state index is -0.666. The van der Waals surface area contributed by atoms with Crippen LogP contribution in [0.4, 0.5) is 0 Å². The lowest BCUT2D eigenvalue weighted by Gasteiger charge is -2.19. The van der Waals surface area contributed by atoms with Crippen LogP contribution in [0, 0.1) is 0 Å². The van der Waals surface area contributed by atoms with Gasteiger partial charge in [-0.25, -0.2) is 4.79 Å². The number of nitrogens with zero attached hydrogens (tertiary/aromatic N) is 2. The van der Waals surface area contributed by atoms with E-state index in [-0.39, 0.29) is 28.2 Å². The van der Waals surface area contributed by atoms with Crippen LogP contribution in [0.5, 0.6) is 11.5 Å². The lowest BCUT2D eigenvalue weighted by molar-refractivity contribution is 0.414. The van der Waals surface area contributed by atoms with E-state index in [2.05, 4.69) is 10.1 Å². The van der Waals surface area contributed by atoms with Crippen molar-refractivity contribution in [3.8, 4) is 34.3 Å². The molecule has 0 amide bonds. The summed E-state index contributed by atoms with van der Waals surface area (Å²) in [4.78, 5) is 16.8. The van der Waals surface area contributed by atoms with Gasteiger partial charge in [0.1, 0.15) is 11.3 Å². The fourth-order valence-corrected chi connectivity index (χ4v) is 2.99. The molecular weight excluding hydrogens is 372 g/mol. The van der Waals surface area contributed by atoms with Crippen molar-refractivity contribution in [3.63, 3.8) is 0 Å². The molecule has 0 fully saturated rings. The van der Waals surface area contributed by atoms with Gasteiger partial charge in [0.05, 0.1) is 7.11 Å². The second-order valence-corrected chi connectivity index (χ2v) is 7.76. The molecule has 148 valence electrons.